The smallest absolute Gasteiger partial charge is 0.416 e. The third kappa shape index (κ3) is 3.58. The topological polar surface area (TPSA) is 66.5 Å². The molecular weight excluding hydrogens is 465 g/mol. The van der Waals surface area contributed by atoms with E-state index in [4.69, 9.17) is 10.8 Å². The van der Waals surface area contributed by atoms with E-state index in [0.717, 1.165) is 0 Å². The van der Waals surface area contributed by atoms with Gasteiger partial charge in [0.15, 0.2) is 6.10 Å². The fraction of sp³-hybridized carbons (Fsp3) is 0.333. The number of halogens is 5. The molecule has 0 aliphatic carbocycles. The van der Waals surface area contributed by atoms with Crippen molar-refractivity contribution >= 4 is 45.2 Å². The Morgan fingerprint density at radius 1 is 1.18 bits per heavy atom. The lowest BCUT2D eigenvalue weighted by molar-refractivity contribution is -0.210. The van der Waals surface area contributed by atoms with Gasteiger partial charge in [-0.3, -0.25) is 0 Å². The Morgan fingerprint density at radius 2 is 1.59 bits per heavy atom. The third-order valence-electron chi connectivity index (χ3n) is 2.10. The molecule has 0 aliphatic rings. The molecule has 0 radical (unpaired) electrons. The van der Waals surface area contributed by atoms with Crippen molar-refractivity contribution in [3.63, 3.8) is 0 Å². The molecule has 0 aliphatic heterocycles. The number of rotatable bonds is 2. The molecule has 0 spiro atoms. The number of phenols is 1. The van der Waals surface area contributed by atoms with Crippen LogP contribution >= 0.6 is 45.2 Å². The lowest BCUT2D eigenvalue weighted by Crippen LogP contribution is -2.38. The zero-order chi connectivity index (χ0) is 13.4. The maximum absolute atomic E-state index is 12.3. The largest absolute Gasteiger partial charge is 0.506 e. The normalized spacial score (nSPS) is 15.7. The van der Waals surface area contributed by atoms with Crippen molar-refractivity contribution in [3.8, 4) is 5.75 Å². The van der Waals surface area contributed by atoms with Crippen molar-refractivity contribution in [3.05, 3.63) is 24.8 Å². The van der Waals surface area contributed by atoms with E-state index in [0.29, 0.717) is 7.14 Å². The lowest BCUT2D eigenvalue weighted by Gasteiger charge is -2.22. The fourth-order valence-corrected chi connectivity index (χ4v) is 2.98. The van der Waals surface area contributed by atoms with E-state index in [-0.39, 0.29) is 11.3 Å². The lowest BCUT2D eigenvalue weighted by atomic mass is 10.0. The van der Waals surface area contributed by atoms with E-state index >= 15 is 0 Å². The van der Waals surface area contributed by atoms with Gasteiger partial charge in [-0.05, 0) is 62.9 Å². The predicted molar refractivity (Wildman–Crippen MR) is 72.5 cm³/mol. The maximum atomic E-state index is 12.3. The summed E-state index contributed by atoms with van der Waals surface area (Å²) in [5.74, 6) is -0.0105. The zero-order valence-electron chi connectivity index (χ0n) is 8.17. The summed E-state index contributed by atoms with van der Waals surface area (Å²) in [6, 6.07) is 1.06. The number of aromatic hydroxyl groups is 1. The van der Waals surface area contributed by atoms with Gasteiger partial charge in [-0.25, -0.2) is 0 Å². The highest BCUT2D eigenvalue weighted by atomic mass is 127. The van der Waals surface area contributed by atoms with E-state index in [1.807, 2.05) is 0 Å². The minimum atomic E-state index is -4.77. The van der Waals surface area contributed by atoms with Crippen LogP contribution in [0.15, 0.2) is 12.1 Å². The maximum Gasteiger partial charge on any atom is 0.416 e. The Labute approximate surface area is 122 Å². The molecule has 3 nitrogen and oxygen atoms in total. The van der Waals surface area contributed by atoms with Gasteiger partial charge in [0, 0.05) is 0 Å². The first-order valence-corrected chi connectivity index (χ1v) is 6.48. The van der Waals surface area contributed by atoms with Crippen LogP contribution in [0.2, 0.25) is 0 Å². The van der Waals surface area contributed by atoms with E-state index in [2.05, 4.69) is 0 Å². The standard InChI is InChI=1S/C9H8F3I2NO2/c10-9(11,12)8(17)6(15)3-1-4(13)7(16)5(14)2-3/h1-2,6,8,16-17H,15H2/t6-,8-/m0/s1. The van der Waals surface area contributed by atoms with Gasteiger partial charge in [0.05, 0.1) is 13.2 Å². The van der Waals surface area contributed by atoms with Crippen LogP contribution in [0.5, 0.6) is 5.75 Å². The number of hydrogen-bond donors (Lipinski definition) is 3. The van der Waals surface area contributed by atoms with Gasteiger partial charge in [0.1, 0.15) is 5.75 Å². The molecule has 1 rings (SSSR count). The monoisotopic (exact) mass is 473 g/mol. The molecule has 0 unspecified atom stereocenters. The van der Waals surface area contributed by atoms with Gasteiger partial charge in [-0.15, -0.1) is 0 Å². The Hall–Kier alpha value is 0.190. The van der Waals surface area contributed by atoms with Crippen LogP contribution in [0.4, 0.5) is 13.2 Å². The summed E-state index contributed by atoms with van der Waals surface area (Å²) in [6.07, 6.45) is -7.40. The Kier molecular flexibility index (Phi) is 4.88. The summed E-state index contributed by atoms with van der Waals surface area (Å²) >= 11 is 3.56. The summed E-state index contributed by atoms with van der Waals surface area (Å²) in [7, 11) is 0. The van der Waals surface area contributed by atoms with E-state index in [1.54, 1.807) is 45.2 Å². The highest BCUT2D eigenvalue weighted by Gasteiger charge is 2.42. The molecule has 0 aromatic heterocycles. The summed E-state index contributed by atoms with van der Waals surface area (Å²) in [5, 5.41) is 18.5. The first-order valence-electron chi connectivity index (χ1n) is 4.33. The third-order valence-corrected chi connectivity index (χ3v) is 3.74. The van der Waals surface area contributed by atoms with Gasteiger partial charge in [0.25, 0.3) is 0 Å². The highest BCUT2D eigenvalue weighted by molar-refractivity contribution is 14.1. The second-order valence-electron chi connectivity index (χ2n) is 3.35. The van der Waals surface area contributed by atoms with Crippen LogP contribution in [0.1, 0.15) is 11.6 Å². The molecule has 17 heavy (non-hydrogen) atoms. The summed E-state index contributed by atoms with van der Waals surface area (Å²) in [6.45, 7) is 0. The molecule has 0 bridgehead atoms. The summed E-state index contributed by atoms with van der Waals surface area (Å²) < 4.78 is 37.6. The van der Waals surface area contributed by atoms with Crippen molar-refractivity contribution < 1.29 is 23.4 Å². The Morgan fingerprint density at radius 3 is 1.94 bits per heavy atom. The molecule has 96 valence electrons. The second-order valence-corrected chi connectivity index (χ2v) is 5.67. The minimum Gasteiger partial charge on any atom is -0.506 e. The summed E-state index contributed by atoms with van der Waals surface area (Å²) in [5.41, 5.74) is 5.48. The molecule has 0 saturated heterocycles. The molecule has 0 fully saturated rings. The van der Waals surface area contributed by atoms with Crippen molar-refractivity contribution in [2.75, 3.05) is 0 Å². The van der Waals surface area contributed by atoms with Crippen LogP contribution in [-0.2, 0) is 0 Å². The quantitative estimate of drug-likeness (QED) is 0.579. The zero-order valence-corrected chi connectivity index (χ0v) is 12.5. The molecule has 4 N–H and O–H groups in total. The minimum absolute atomic E-state index is 0.0105. The van der Waals surface area contributed by atoms with Crippen LogP contribution in [0.25, 0.3) is 0 Å². The molecule has 1 aromatic rings. The number of phenolic OH excluding ortho intramolecular Hbond substituents is 1. The summed E-state index contributed by atoms with van der Waals surface area (Å²) in [4.78, 5) is 0. The molecule has 0 heterocycles. The van der Waals surface area contributed by atoms with Gasteiger partial charge < -0.3 is 15.9 Å². The van der Waals surface area contributed by atoms with Crippen molar-refractivity contribution in [1.29, 1.82) is 0 Å². The molecule has 2 atom stereocenters. The highest BCUT2D eigenvalue weighted by Crippen LogP contribution is 2.33. The van der Waals surface area contributed by atoms with Crippen molar-refractivity contribution in [2.45, 2.75) is 18.3 Å². The van der Waals surface area contributed by atoms with Crippen LogP contribution in [-0.4, -0.2) is 22.5 Å². The molecule has 8 heteroatoms. The Balaban J connectivity index is 3.09. The van der Waals surface area contributed by atoms with Crippen molar-refractivity contribution in [1.82, 2.24) is 0 Å². The van der Waals surface area contributed by atoms with Crippen LogP contribution < -0.4 is 5.73 Å². The SMILES string of the molecule is N[C@@H](c1cc(I)c(O)c(I)c1)[C@H](O)C(F)(F)F. The molecular formula is C9H8F3I2NO2. The number of nitrogens with two attached hydrogens (primary N) is 1. The average molecular weight is 473 g/mol. The van der Waals surface area contributed by atoms with Gasteiger partial charge in [0.2, 0.25) is 0 Å². The Bertz CT molecular complexity index is 402. The first kappa shape index (κ1) is 15.2. The molecule has 0 saturated carbocycles. The van der Waals surface area contributed by atoms with Crippen LogP contribution in [0, 0.1) is 7.14 Å². The number of alkyl halides is 3. The van der Waals surface area contributed by atoms with Crippen LogP contribution in [0.3, 0.4) is 0 Å². The second kappa shape index (κ2) is 5.45. The molecule has 0 amide bonds. The van der Waals surface area contributed by atoms with Gasteiger partial charge in [-0.1, -0.05) is 0 Å². The number of benzene rings is 1. The molecule has 1 aromatic carbocycles. The van der Waals surface area contributed by atoms with Crippen molar-refractivity contribution in [2.24, 2.45) is 5.73 Å². The first-order chi connectivity index (χ1) is 7.64. The van der Waals surface area contributed by atoms with E-state index in [1.165, 1.54) is 12.1 Å². The fourth-order valence-electron chi connectivity index (χ4n) is 1.16. The number of aliphatic hydroxyl groups is 1. The van der Waals surface area contributed by atoms with E-state index < -0.39 is 18.3 Å². The number of aliphatic hydroxyl groups excluding tert-OH is 1. The van der Waals surface area contributed by atoms with Gasteiger partial charge in [-0.2, -0.15) is 13.2 Å². The average Bonchev–Trinajstić information content (AvgIpc) is 2.21. The van der Waals surface area contributed by atoms with Gasteiger partial charge >= 0.3 is 6.18 Å². The van der Waals surface area contributed by atoms with E-state index in [9.17, 15) is 18.3 Å². The number of hydrogen-bond acceptors (Lipinski definition) is 3. The predicted octanol–water partition coefficient (Wildman–Crippen LogP) is 2.52.